The molecule has 0 fully saturated rings. The van der Waals surface area contributed by atoms with E-state index in [4.69, 9.17) is 5.11 Å². The quantitative estimate of drug-likeness (QED) is 0.682. The van der Waals surface area contributed by atoms with Gasteiger partial charge in [-0.25, -0.2) is 4.79 Å². The lowest BCUT2D eigenvalue weighted by atomic mass is 10.0. The Morgan fingerprint density at radius 3 is 2.41 bits per heavy atom. The van der Waals surface area contributed by atoms with Crippen LogP contribution in [0.1, 0.15) is 27.6 Å². The van der Waals surface area contributed by atoms with E-state index in [0.29, 0.717) is 34.2 Å². The van der Waals surface area contributed by atoms with Gasteiger partial charge in [0.05, 0.1) is 22.3 Å². The van der Waals surface area contributed by atoms with Crippen molar-refractivity contribution in [1.82, 2.24) is 14.9 Å². The van der Waals surface area contributed by atoms with Crippen LogP contribution in [0, 0.1) is 0 Å². The Morgan fingerprint density at radius 1 is 1.15 bits per heavy atom. The smallest absolute Gasteiger partial charge is 0.341 e. The number of benzene rings is 1. The number of amides is 1. The first-order valence-corrected chi connectivity index (χ1v) is 8.41. The predicted molar refractivity (Wildman–Crippen MR) is 104 cm³/mol. The molecule has 0 radical (unpaired) electrons. The second-order valence-corrected chi connectivity index (χ2v) is 6.46. The molecule has 3 rings (SSSR count). The van der Waals surface area contributed by atoms with Crippen LogP contribution in [0.3, 0.4) is 0 Å². The zero-order valence-corrected chi connectivity index (χ0v) is 15.5. The van der Waals surface area contributed by atoms with Gasteiger partial charge in [0.25, 0.3) is 5.91 Å². The number of fused-ring (bicyclic) bond motifs is 3. The lowest BCUT2D eigenvalue weighted by molar-refractivity contribution is 0.0694. The number of pyridine rings is 2. The van der Waals surface area contributed by atoms with Crippen LogP contribution < -0.4 is 10.3 Å². The first-order valence-electron chi connectivity index (χ1n) is 8.41. The zero-order valence-electron chi connectivity index (χ0n) is 15.5. The molecule has 8 nitrogen and oxygen atoms in total. The first kappa shape index (κ1) is 18.4. The standard InChI is InChI=1S/C19H20N4O4/c1-5-23(4)18(25)12-8-20-14-10(16(12)22(2)3)6-7-11-15(14)21-9-13(17(11)24)19(26)27/h6-9H,5H2,1-4H3,(H,21,24)(H,26,27). The van der Waals surface area contributed by atoms with Crippen molar-refractivity contribution in [3.05, 3.63) is 45.9 Å². The highest BCUT2D eigenvalue weighted by atomic mass is 16.4. The minimum Gasteiger partial charge on any atom is -0.477 e. The number of anilines is 1. The fourth-order valence-electron chi connectivity index (χ4n) is 3.09. The molecule has 2 heterocycles. The number of hydrogen-bond acceptors (Lipinski definition) is 5. The molecule has 0 unspecified atom stereocenters. The van der Waals surface area contributed by atoms with Crippen molar-refractivity contribution in [1.29, 1.82) is 0 Å². The Balaban J connectivity index is 2.38. The summed E-state index contributed by atoms with van der Waals surface area (Å²) in [6.45, 7) is 2.45. The molecule has 140 valence electrons. The molecular weight excluding hydrogens is 348 g/mol. The number of carboxylic acids is 1. The summed E-state index contributed by atoms with van der Waals surface area (Å²) in [6.07, 6.45) is 2.67. The Bertz CT molecular complexity index is 1130. The van der Waals surface area contributed by atoms with Gasteiger partial charge in [0.15, 0.2) is 0 Å². The Kier molecular flexibility index (Phi) is 4.57. The van der Waals surface area contributed by atoms with Gasteiger partial charge in [-0.15, -0.1) is 0 Å². The maximum absolute atomic E-state index is 12.7. The summed E-state index contributed by atoms with van der Waals surface area (Å²) >= 11 is 0. The van der Waals surface area contributed by atoms with E-state index in [2.05, 4.69) is 9.97 Å². The molecule has 0 bridgehead atoms. The van der Waals surface area contributed by atoms with Gasteiger partial charge in [0.1, 0.15) is 5.56 Å². The van der Waals surface area contributed by atoms with E-state index in [1.165, 1.54) is 12.4 Å². The van der Waals surface area contributed by atoms with Gasteiger partial charge < -0.3 is 19.9 Å². The number of aromatic amines is 1. The first-order chi connectivity index (χ1) is 12.8. The minimum absolute atomic E-state index is 0.148. The fraction of sp³-hybridized carbons (Fsp3) is 0.263. The third-order valence-corrected chi connectivity index (χ3v) is 4.59. The van der Waals surface area contributed by atoms with Crippen molar-refractivity contribution in [3.8, 4) is 0 Å². The lowest BCUT2D eigenvalue weighted by Crippen LogP contribution is -2.28. The minimum atomic E-state index is -1.29. The van der Waals surface area contributed by atoms with Gasteiger partial charge in [-0.05, 0) is 19.1 Å². The fourth-order valence-corrected chi connectivity index (χ4v) is 3.09. The second-order valence-electron chi connectivity index (χ2n) is 6.46. The molecule has 1 amide bonds. The number of carbonyl (C=O) groups is 2. The average molecular weight is 368 g/mol. The average Bonchev–Trinajstić information content (AvgIpc) is 2.65. The van der Waals surface area contributed by atoms with Crippen LogP contribution in [-0.2, 0) is 0 Å². The molecule has 8 heteroatoms. The number of nitrogens with one attached hydrogen (secondary N) is 1. The van der Waals surface area contributed by atoms with E-state index in [-0.39, 0.29) is 16.9 Å². The van der Waals surface area contributed by atoms with Crippen molar-refractivity contribution in [3.63, 3.8) is 0 Å². The number of nitrogens with zero attached hydrogens (tertiary/aromatic N) is 3. The number of carbonyl (C=O) groups excluding carboxylic acids is 1. The molecule has 0 saturated heterocycles. The van der Waals surface area contributed by atoms with Crippen molar-refractivity contribution in [2.75, 3.05) is 32.6 Å². The van der Waals surface area contributed by atoms with E-state index < -0.39 is 11.4 Å². The molecule has 0 saturated carbocycles. The highest BCUT2D eigenvalue weighted by Gasteiger charge is 2.21. The van der Waals surface area contributed by atoms with E-state index >= 15 is 0 Å². The number of rotatable bonds is 4. The maximum atomic E-state index is 12.7. The topological polar surface area (TPSA) is 107 Å². The lowest BCUT2D eigenvalue weighted by Gasteiger charge is -2.22. The summed E-state index contributed by atoms with van der Waals surface area (Å²) in [5.74, 6) is -1.44. The van der Waals surface area contributed by atoms with E-state index in [9.17, 15) is 14.4 Å². The van der Waals surface area contributed by atoms with Gasteiger partial charge in [-0.3, -0.25) is 14.6 Å². The van der Waals surface area contributed by atoms with Crippen LogP contribution in [0.4, 0.5) is 5.69 Å². The third-order valence-electron chi connectivity index (χ3n) is 4.59. The Morgan fingerprint density at radius 2 is 1.81 bits per heavy atom. The van der Waals surface area contributed by atoms with E-state index in [1.807, 2.05) is 25.9 Å². The highest BCUT2D eigenvalue weighted by Crippen LogP contribution is 2.32. The van der Waals surface area contributed by atoms with Gasteiger partial charge in [-0.2, -0.15) is 0 Å². The summed E-state index contributed by atoms with van der Waals surface area (Å²) in [5.41, 5.74) is 1.19. The monoisotopic (exact) mass is 368 g/mol. The second kappa shape index (κ2) is 6.71. The molecular formula is C19H20N4O4. The maximum Gasteiger partial charge on any atom is 0.341 e. The number of aromatic nitrogens is 2. The summed E-state index contributed by atoms with van der Waals surface area (Å²) in [6, 6.07) is 3.26. The molecule has 2 aromatic heterocycles. The normalized spacial score (nSPS) is 11.0. The largest absolute Gasteiger partial charge is 0.477 e. The number of H-pyrrole nitrogens is 1. The molecule has 0 atom stereocenters. The zero-order chi connectivity index (χ0) is 19.9. The summed E-state index contributed by atoms with van der Waals surface area (Å²) < 4.78 is 0. The van der Waals surface area contributed by atoms with Crippen LogP contribution in [0.25, 0.3) is 21.8 Å². The van der Waals surface area contributed by atoms with Crippen LogP contribution in [0.2, 0.25) is 0 Å². The van der Waals surface area contributed by atoms with Crippen molar-refractivity contribution < 1.29 is 14.7 Å². The molecule has 0 aliphatic heterocycles. The van der Waals surface area contributed by atoms with Gasteiger partial charge in [0.2, 0.25) is 5.43 Å². The van der Waals surface area contributed by atoms with Crippen LogP contribution >= 0.6 is 0 Å². The molecule has 2 N–H and O–H groups in total. The SMILES string of the molecule is CCN(C)C(=O)c1cnc2c(ccc3c(=O)c(C(=O)O)c[nH]c32)c1N(C)C. The molecule has 3 aromatic rings. The van der Waals surface area contributed by atoms with Crippen LogP contribution in [0.15, 0.2) is 29.3 Å². The van der Waals surface area contributed by atoms with E-state index in [0.717, 1.165) is 0 Å². The van der Waals surface area contributed by atoms with Gasteiger partial charge >= 0.3 is 5.97 Å². The molecule has 0 aliphatic carbocycles. The van der Waals surface area contributed by atoms with Crippen molar-refractivity contribution >= 4 is 39.4 Å². The van der Waals surface area contributed by atoms with Gasteiger partial charge in [0, 0.05) is 50.9 Å². The third kappa shape index (κ3) is 2.88. The summed E-state index contributed by atoms with van der Waals surface area (Å²) in [7, 11) is 5.38. The van der Waals surface area contributed by atoms with Crippen LogP contribution in [-0.4, -0.2) is 59.5 Å². The Labute approximate surface area is 155 Å². The molecule has 1 aromatic carbocycles. The van der Waals surface area contributed by atoms with E-state index in [1.54, 1.807) is 24.1 Å². The van der Waals surface area contributed by atoms with Crippen molar-refractivity contribution in [2.24, 2.45) is 0 Å². The number of hydrogen-bond donors (Lipinski definition) is 2. The summed E-state index contributed by atoms with van der Waals surface area (Å²) in [5, 5.41) is 10.1. The molecule has 0 aliphatic rings. The molecule has 27 heavy (non-hydrogen) atoms. The predicted octanol–water partition coefficient (Wildman–Crippen LogP) is 1.93. The van der Waals surface area contributed by atoms with Crippen LogP contribution in [0.5, 0.6) is 0 Å². The number of carboxylic acid groups (broad SMARTS) is 1. The highest BCUT2D eigenvalue weighted by molar-refractivity contribution is 6.13. The Hall–Kier alpha value is -3.42. The molecule has 0 spiro atoms. The van der Waals surface area contributed by atoms with Gasteiger partial charge in [-0.1, -0.05) is 0 Å². The summed E-state index contributed by atoms with van der Waals surface area (Å²) in [4.78, 5) is 47.1. The number of aromatic carboxylic acids is 1. The van der Waals surface area contributed by atoms with Crippen molar-refractivity contribution in [2.45, 2.75) is 6.92 Å².